The summed E-state index contributed by atoms with van der Waals surface area (Å²) in [6, 6.07) is 5.49. The molecule has 1 unspecified atom stereocenters. The Labute approximate surface area is 150 Å². The average molecular weight is 347 g/mol. The first-order valence-electron chi connectivity index (χ1n) is 8.66. The summed E-state index contributed by atoms with van der Waals surface area (Å²) in [6.45, 7) is 9.61. The third kappa shape index (κ3) is 5.23. The lowest BCUT2D eigenvalue weighted by atomic mass is 10.0. The van der Waals surface area contributed by atoms with E-state index >= 15 is 0 Å². The van der Waals surface area contributed by atoms with Crippen molar-refractivity contribution in [2.24, 2.45) is 11.7 Å². The number of rotatable bonds is 2. The Hall–Kier alpha value is -2.01. The highest BCUT2D eigenvalue weighted by Gasteiger charge is 2.28. The largest absolute Gasteiger partial charge is 0.333 e. The number of hydrogen-bond acceptors (Lipinski definition) is 3. The van der Waals surface area contributed by atoms with Gasteiger partial charge in [-0.15, -0.1) is 0 Å². The van der Waals surface area contributed by atoms with E-state index in [0.29, 0.717) is 11.8 Å². The fourth-order valence-corrected chi connectivity index (χ4v) is 2.84. The Kier molecular flexibility index (Phi) is 7.97. The molecule has 0 aliphatic heterocycles. The number of halogens is 1. The predicted molar refractivity (Wildman–Crippen MR) is 100 cm³/mol. The van der Waals surface area contributed by atoms with Gasteiger partial charge in [0.2, 0.25) is 0 Å². The Bertz CT molecular complexity index is 687. The van der Waals surface area contributed by atoms with Gasteiger partial charge in [0.15, 0.2) is 0 Å². The normalized spacial score (nSPS) is 15.0. The number of carbonyl (C=O) groups is 1. The molecule has 3 rings (SSSR count). The highest BCUT2D eigenvalue weighted by Crippen LogP contribution is 2.28. The van der Waals surface area contributed by atoms with E-state index in [1.54, 1.807) is 19.9 Å². The Balaban J connectivity index is 0.000000246. The van der Waals surface area contributed by atoms with E-state index in [1.165, 1.54) is 24.4 Å². The zero-order chi connectivity index (χ0) is 19.1. The molecule has 0 fully saturated rings. The first kappa shape index (κ1) is 21.0. The van der Waals surface area contributed by atoms with Crippen LogP contribution < -0.4 is 5.73 Å². The number of nitrogens with zero attached hydrogens (tertiary/aromatic N) is 2. The molecule has 1 aliphatic rings. The molecule has 0 radical (unpaired) electrons. The highest BCUT2D eigenvalue weighted by atomic mass is 19.1. The van der Waals surface area contributed by atoms with Crippen LogP contribution >= 0.6 is 0 Å². The Morgan fingerprint density at radius 3 is 2.40 bits per heavy atom. The minimum absolute atomic E-state index is 0.116. The summed E-state index contributed by atoms with van der Waals surface area (Å²) in [6.07, 6.45) is 3.68. The van der Waals surface area contributed by atoms with Crippen molar-refractivity contribution in [1.29, 1.82) is 0 Å². The lowest BCUT2D eigenvalue weighted by Crippen LogP contribution is -2.13. The van der Waals surface area contributed by atoms with Crippen LogP contribution in [0.2, 0.25) is 0 Å². The molecule has 4 nitrogen and oxygen atoms in total. The second-order valence-corrected chi connectivity index (χ2v) is 6.55. The van der Waals surface area contributed by atoms with Crippen molar-refractivity contribution < 1.29 is 9.18 Å². The van der Waals surface area contributed by atoms with E-state index in [4.69, 9.17) is 0 Å². The molecule has 0 saturated carbocycles. The fraction of sp³-hybridized carbons (Fsp3) is 0.500. The predicted octanol–water partition coefficient (Wildman–Crippen LogP) is 3.79. The third-order valence-corrected chi connectivity index (χ3v) is 4.49. The zero-order valence-electron chi connectivity index (χ0n) is 16.1. The summed E-state index contributed by atoms with van der Waals surface area (Å²) in [5.41, 5.74) is 8.78. The first-order chi connectivity index (χ1) is 11.8. The van der Waals surface area contributed by atoms with Crippen molar-refractivity contribution in [1.82, 2.24) is 9.78 Å². The molecule has 2 aromatic rings. The SMILES string of the molecule is CC(=O)C1Cc2cnn(C(C)C)c2C1.CN.Cc1cccc(F)c1C. The third-order valence-electron chi connectivity index (χ3n) is 4.49. The van der Waals surface area contributed by atoms with Gasteiger partial charge in [0.05, 0.1) is 6.20 Å². The molecule has 1 aromatic heterocycles. The summed E-state index contributed by atoms with van der Waals surface area (Å²) >= 11 is 0. The fourth-order valence-electron chi connectivity index (χ4n) is 2.84. The monoisotopic (exact) mass is 347 g/mol. The summed E-state index contributed by atoms with van der Waals surface area (Å²) in [7, 11) is 1.50. The quantitative estimate of drug-likeness (QED) is 0.899. The molecule has 1 aliphatic carbocycles. The van der Waals surface area contributed by atoms with Crippen molar-refractivity contribution in [3.63, 3.8) is 0 Å². The molecule has 1 atom stereocenters. The van der Waals surface area contributed by atoms with E-state index in [1.807, 2.05) is 23.9 Å². The van der Waals surface area contributed by atoms with Gasteiger partial charge in [0.25, 0.3) is 0 Å². The van der Waals surface area contributed by atoms with Gasteiger partial charge >= 0.3 is 0 Å². The van der Waals surface area contributed by atoms with E-state index in [-0.39, 0.29) is 11.7 Å². The standard InChI is InChI=1S/C11H16N2O.C8H9F.CH5N/c1-7(2)13-11-5-9(8(3)14)4-10(11)6-12-13;1-6-4-3-5-8(9)7(6)2;1-2/h6-7,9H,4-5H2,1-3H3;3-5H,1-2H3;2H2,1H3. The van der Waals surface area contributed by atoms with Crippen LogP contribution in [0.15, 0.2) is 24.4 Å². The minimum Gasteiger partial charge on any atom is -0.333 e. The molecule has 0 spiro atoms. The lowest BCUT2D eigenvalue weighted by molar-refractivity contribution is -0.120. The molecule has 0 bridgehead atoms. The number of carbonyl (C=O) groups excluding carboxylic acids is 1. The molecule has 1 heterocycles. The molecule has 25 heavy (non-hydrogen) atoms. The molecule has 0 amide bonds. The summed E-state index contributed by atoms with van der Waals surface area (Å²) in [4.78, 5) is 11.3. The molecular formula is C20H30FN3O. The molecule has 1 aromatic carbocycles. The maximum Gasteiger partial charge on any atom is 0.133 e. The topological polar surface area (TPSA) is 60.9 Å². The Morgan fingerprint density at radius 1 is 1.28 bits per heavy atom. The van der Waals surface area contributed by atoms with Crippen LogP contribution in [-0.4, -0.2) is 22.6 Å². The van der Waals surface area contributed by atoms with Gasteiger partial charge in [-0.25, -0.2) is 4.39 Å². The van der Waals surface area contributed by atoms with Crippen molar-refractivity contribution >= 4 is 5.78 Å². The number of benzene rings is 1. The van der Waals surface area contributed by atoms with Gasteiger partial charge in [-0.2, -0.15) is 5.10 Å². The van der Waals surface area contributed by atoms with Gasteiger partial charge in [0, 0.05) is 17.7 Å². The van der Waals surface area contributed by atoms with Gasteiger partial charge in [-0.1, -0.05) is 12.1 Å². The van der Waals surface area contributed by atoms with Crippen LogP contribution in [0, 0.1) is 25.6 Å². The molecule has 138 valence electrons. The van der Waals surface area contributed by atoms with Crippen LogP contribution in [0.1, 0.15) is 49.2 Å². The van der Waals surface area contributed by atoms with E-state index in [2.05, 4.69) is 24.7 Å². The number of nitrogens with two attached hydrogens (primary N) is 1. The molecule has 0 saturated heterocycles. The summed E-state index contributed by atoms with van der Waals surface area (Å²) in [5.74, 6) is 0.388. The van der Waals surface area contributed by atoms with E-state index in [9.17, 15) is 9.18 Å². The van der Waals surface area contributed by atoms with Gasteiger partial charge in [-0.3, -0.25) is 9.48 Å². The average Bonchev–Trinajstić information content (AvgIpc) is 3.15. The first-order valence-corrected chi connectivity index (χ1v) is 8.66. The highest BCUT2D eigenvalue weighted by molar-refractivity contribution is 5.79. The summed E-state index contributed by atoms with van der Waals surface area (Å²) < 4.78 is 14.6. The number of fused-ring (bicyclic) bond motifs is 1. The lowest BCUT2D eigenvalue weighted by Gasteiger charge is -2.10. The second kappa shape index (κ2) is 9.47. The number of Topliss-reactive ketones (excluding diaryl/α,β-unsaturated/α-hetero) is 1. The van der Waals surface area contributed by atoms with Crippen LogP contribution in [0.4, 0.5) is 4.39 Å². The van der Waals surface area contributed by atoms with Crippen molar-refractivity contribution in [3.05, 3.63) is 52.6 Å². The van der Waals surface area contributed by atoms with Crippen molar-refractivity contribution in [3.8, 4) is 0 Å². The molecular weight excluding hydrogens is 317 g/mol. The van der Waals surface area contributed by atoms with E-state index in [0.717, 1.165) is 24.0 Å². The van der Waals surface area contributed by atoms with Crippen LogP contribution in [-0.2, 0) is 17.6 Å². The summed E-state index contributed by atoms with van der Waals surface area (Å²) in [5, 5.41) is 4.34. The number of aromatic nitrogens is 2. The maximum absolute atomic E-state index is 12.6. The zero-order valence-corrected chi connectivity index (χ0v) is 16.1. The van der Waals surface area contributed by atoms with Gasteiger partial charge in [0.1, 0.15) is 11.6 Å². The Morgan fingerprint density at radius 2 is 1.92 bits per heavy atom. The number of ketones is 1. The second-order valence-electron chi connectivity index (χ2n) is 6.55. The molecule has 5 heteroatoms. The molecule has 2 N–H and O–H groups in total. The smallest absolute Gasteiger partial charge is 0.133 e. The van der Waals surface area contributed by atoms with Crippen LogP contribution in [0.3, 0.4) is 0 Å². The van der Waals surface area contributed by atoms with Crippen molar-refractivity contribution in [2.75, 3.05) is 7.05 Å². The van der Waals surface area contributed by atoms with Crippen LogP contribution in [0.5, 0.6) is 0 Å². The van der Waals surface area contributed by atoms with Crippen molar-refractivity contribution in [2.45, 2.75) is 53.5 Å². The number of aryl methyl sites for hydroxylation is 1. The van der Waals surface area contributed by atoms with Gasteiger partial charge < -0.3 is 5.73 Å². The van der Waals surface area contributed by atoms with Crippen LogP contribution in [0.25, 0.3) is 0 Å². The maximum atomic E-state index is 12.6. The number of hydrogen-bond donors (Lipinski definition) is 1. The van der Waals surface area contributed by atoms with E-state index < -0.39 is 0 Å². The van der Waals surface area contributed by atoms with Gasteiger partial charge in [-0.05, 0) is 77.3 Å². The minimum atomic E-state index is -0.116.